The van der Waals surface area contributed by atoms with Crippen molar-refractivity contribution < 1.29 is 4.92 Å². The smallest absolute Gasteiger partial charge is 0.303 e. The van der Waals surface area contributed by atoms with Crippen LogP contribution in [-0.4, -0.2) is 28.0 Å². The van der Waals surface area contributed by atoms with Gasteiger partial charge in [-0.3, -0.25) is 10.1 Å². The zero-order valence-corrected chi connectivity index (χ0v) is 9.80. The second-order valence-electron chi connectivity index (χ2n) is 4.09. The van der Waals surface area contributed by atoms with E-state index in [0.29, 0.717) is 5.82 Å². The fraction of sp³-hybridized carbons (Fsp3) is 0.455. The van der Waals surface area contributed by atoms with E-state index in [1.807, 2.05) is 5.01 Å². The van der Waals surface area contributed by atoms with E-state index in [2.05, 4.69) is 10.4 Å². The normalized spacial score (nSPS) is 15.9. The second kappa shape index (κ2) is 5.42. The first-order valence-electron chi connectivity index (χ1n) is 5.78. The minimum atomic E-state index is -0.601. The molecule has 7 nitrogen and oxygen atoms in total. The highest BCUT2D eigenvalue weighted by Gasteiger charge is 2.17. The van der Waals surface area contributed by atoms with E-state index in [0.717, 1.165) is 25.9 Å². The minimum absolute atomic E-state index is 0.165. The summed E-state index contributed by atoms with van der Waals surface area (Å²) in [5.74, 6) is 0.471. The lowest BCUT2D eigenvalue weighted by Gasteiger charge is -2.27. The third-order valence-electron chi connectivity index (χ3n) is 2.81. The van der Waals surface area contributed by atoms with Crippen molar-refractivity contribution in [3.63, 3.8) is 0 Å². The number of hydrazine groups is 1. The highest BCUT2D eigenvalue weighted by atomic mass is 16.6. The monoisotopic (exact) mass is 247 g/mol. The van der Waals surface area contributed by atoms with Crippen molar-refractivity contribution in [3.8, 4) is 6.07 Å². The summed E-state index contributed by atoms with van der Waals surface area (Å²) in [6, 6.07) is 4.57. The molecule has 1 aliphatic rings. The van der Waals surface area contributed by atoms with Crippen molar-refractivity contribution in [1.29, 1.82) is 5.26 Å². The molecule has 1 aromatic heterocycles. The average Bonchev–Trinajstić information content (AvgIpc) is 2.39. The average molecular weight is 247 g/mol. The van der Waals surface area contributed by atoms with E-state index in [1.54, 1.807) is 6.07 Å². The molecule has 94 valence electrons. The summed E-state index contributed by atoms with van der Waals surface area (Å²) in [5.41, 5.74) is 2.64. The molecule has 2 heterocycles. The predicted octanol–water partition coefficient (Wildman–Crippen LogP) is 1.67. The van der Waals surface area contributed by atoms with Crippen LogP contribution in [0, 0.1) is 21.4 Å². The Balaban J connectivity index is 2.14. The highest BCUT2D eigenvalue weighted by Crippen LogP contribution is 2.19. The van der Waals surface area contributed by atoms with Crippen LogP contribution in [0.4, 0.5) is 11.5 Å². The number of nitrogens with zero attached hydrogens (tertiary/aromatic N) is 4. The number of nitro groups is 1. The van der Waals surface area contributed by atoms with Gasteiger partial charge in [-0.05, 0) is 18.9 Å². The van der Waals surface area contributed by atoms with Crippen molar-refractivity contribution in [3.05, 3.63) is 27.9 Å². The van der Waals surface area contributed by atoms with Gasteiger partial charge in [-0.15, -0.1) is 0 Å². The van der Waals surface area contributed by atoms with Crippen molar-refractivity contribution >= 4 is 11.5 Å². The molecule has 1 saturated heterocycles. The molecule has 1 fully saturated rings. The fourth-order valence-corrected chi connectivity index (χ4v) is 1.91. The van der Waals surface area contributed by atoms with Crippen LogP contribution in [0.1, 0.15) is 25.0 Å². The van der Waals surface area contributed by atoms with Gasteiger partial charge in [0.15, 0.2) is 0 Å². The molecule has 0 unspecified atom stereocenters. The Morgan fingerprint density at radius 3 is 2.72 bits per heavy atom. The number of piperidine rings is 1. The molecule has 18 heavy (non-hydrogen) atoms. The number of rotatable bonds is 3. The van der Waals surface area contributed by atoms with Gasteiger partial charge in [0.1, 0.15) is 11.9 Å². The lowest BCUT2D eigenvalue weighted by atomic mass is 10.2. The summed E-state index contributed by atoms with van der Waals surface area (Å²) in [5, 5.41) is 21.5. The third kappa shape index (κ3) is 2.73. The molecule has 0 bridgehead atoms. The van der Waals surface area contributed by atoms with Crippen LogP contribution in [-0.2, 0) is 0 Å². The van der Waals surface area contributed by atoms with E-state index in [4.69, 9.17) is 5.26 Å². The largest absolute Gasteiger partial charge is 0.305 e. The first-order chi connectivity index (χ1) is 8.70. The molecule has 1 aliphatic heterocycles. The number of pyridine rings is 1. The molecule has 0 aromatic carbocycles. The maximum absolute atomic E-state index is 10.7. The summed E-state index contributed by atoms with van der Waals surface area (Å²) < 4.78 is 0. The molecule has 0 amide bonds. The van der Waals surface area contributed by atoms with Crippen LogP contribution in [0.3, 0.4) is 0 Å². The number of hydrogen-bond acceptors (Lipinski definition) is 6. The molecule has 1 aromatic rings. The van der Waals surface area contributed by atoms with Gasteiger partial charge in [0.25, 0.3) is 0 Å². The molecule has 2 rings (SSSR count). The van der Waals surface area contributed by atoms with Gasteiger partial charge >= 0.3 is 5.69 Å². The van der Waals surface area contributed by atoms with Gasteiger partial charge in [-0.2, -0.15) is 5.26 Å². The van der Waals surface area contributed by atoms with Gasteiger partial charge in [0.2, 0.25) is 5.69 Å². The zero-order valence-electron chi connectivity index (χ0n) is 9.80. The van der Waals surface area contributed by atoms with Crippen molar-refractivity contribution in [2.45, 2.75) is 19.3 Å². The molecule has 0 atom stereocenters. The SMILES string of the molecule is N#Cc1nc(NN2CCCCC2)ccc1[N+](=O)[O-]. The van der Waals surface area contributed by atoms with E-state index in [1.165, 1.54) is 18.6 Å². The van der Waals surface area contributed by atoms with E-state index in [9.17, 15) is 10.1 Å². The number of nitrogens with one attached hydrogen (secondary N) is 1. The molecule has 0 aliphatic carbocycles. The van der Waals surface area contributed by atoms with Crippen LogP contribution >= 0.6 is 0 Å². The standard InChI is InChI=1S/C11H13N5O2/c12-8-9-10(16(17)18)4-5-11(13-9)14-15-6-2-1-3-7-15/h4-5H,1-3,6-7H2,(H,13,14). The fourth-order valence-electron chi connectivity index (χ4n) is 1.91. The van der Waals surface area contributed by atoms with Gasteiger partial charge in [0, 0.05) is 19.2 Å². The lowest BCUT2D eigenvalue weighted by molar-refractivity contribution is -0.385. The Kier molecular flexibility index (Phi) is 3.69. The zero-order chi connectivity index (χ0) is 13.0. The van der Waals surface area contributed by atoms with Crippen molar-refractivity contribution in [2.24, 2.45) is 0 Å². The second-order valence-corrected chi connectivity index (χ2v) is 4.09. The lowest BCUT2D eigenvalue weighted by Crippen LogP contribution is -2.35. The summed E-state index contributed by atoms with van der Waals surface area (Å²) in [6.07, 6.45) is 3.45. The van der Waals surface area contributed by atoms with Crippen LogP contribution in [0.25, 0.3) is 0 Å². The minimum Gasteiger partial charge on any atom is -0.303 e. The summed E-state index contributed by atoms with van der Waals surface area (Å²) >= 11 is 0. The molecule has 0 saturated carbocycles. The molecular formula is C11H13N5O2. The molecule has 0 radical (unpaired) electrons. The summed E-state index contributed by atoms with van der Waals surface area (Å²) in [6.45, 7) is 1.83. The van der Waals surface area contributed by atoms with Gasteiger partial charge in [-0.25, -0.2) is 9.99 Å². The Morgan fingerprint density at radius 1 is 1.39 bits per heavy atom. The Hall–Kier alpha value is -2.20. The van der Waals surface area contributed by atoms with Gasteiger partial charge < -0.3 is 5.43 Å². The molecule has 1 N–H and O–H groups in total. The Labute approximate surface area is 104 Å². The quantitative estimate of drug-likeness (QED) is 0.644. The summed E-state index contributed by atoms with van der Waals surface area (Å²) in [7, 11) is 0. The van der Waals surface area contributed by atoms with Crippen molar-refractivity contribution in [1.82, 2.24) is 9.99 Å². The number of nitriles is 1. The molecule has 7 heteroatoms. The molecule has 0 spiro atoms. The number of anilines is 1. The highest BCUT2D eigenvalue weighted by molar-refractivity contribution is 5.50. The van der Waals surface area contributed by atoms with Crippen molar-refractivity contribution in [2.75, 3.05) is 18.5 Å². The van der Waals surface area contributed by atoms with Crippen LogP contribution in [0.15, 0.2) is 12.1 Å². The number of aromatic nitrogens is 1. The Bertz CT molecular complexity index is 491. The predicted molar refractivity (Wildman–Crippen MR) is 64.7 cm³/mol. The maximum Gasteiger partial charge on any atom is 0.305 e. The first kappa shape index (κ1) is 12.3. The molecular weight excluding hydrogens is 234 g/mol. The van der Waals surface area contributed by atoms with Gasteiger partial charge in [-0.1, -0.05) is 6.42 Å². The first-order valence-corrected chi connectivity index (χ1v) is 5.78. The topological polar surface area (TPSA) is 95.1 Å². The number of hydrogen-bond donors (Lipinski definition) is 1. The van der Waals surface area contributed by atoms with Crippen LogP contribution in [0.2, 0.25) is 0 Å². The third-order valence-corrected chi connectivity index (χ3v) is 2.81. The van der Waals surface area contributed by atoms with Crippen LogP contribution in [0.5, 0.6) is 0 Å². The van der Waals surface area contributed by atoms with E-state index < -0.39 is 4.92 Å². The maximum atomic E-state index is 10.7. The van der Waals surface area contributed by atoms with E-state index >= 15 is 0 Å². The summed E-state index contributed by atoms with van der Waals surface area (Å²) in [4.78, 5) is 14.0. The Morgan fingerprint density at radius 2 is 2.11 bits per heavy atom. The van der Waals surface area contributed by atoms with Crippen LogP contribution < -0.4 is 5.43 Å². The van der Waals surface area contributed by atoms with E-state index in [-0.39, 0.29) is 11.4 Å². The van der Waals surface area contributed by atoms with Gasteiger partial charge in [0.05, 0.1) is 4.92 Å².